The summed E-state index contributed by atoms with van der Waals surface area (Å²) in [6.45, 7) is 2.22. The highest BCUT2D eigenvalue weighted by atomic mass is 32.1. The molecule has 6 heteroatoms. The standard InChI is InChI=1S/C10H11N3O2S/c1-2-8-12-5-7(9(14)15)6-13(8)10-11-3-4-16-10/h3-4,6H,2,5H2,1H3,(H,14,15). The lowest BCUT2D eigenvalue weighted by Gasteiger charge is -2.23. The van der Waals surface area contributed by atoms with Crippen LogP contribution in [-0.2, 0) is 4.79 Å². The minimum Gasteiger partial charge on any atom is -0.478 e. The average molecular weight is 237 g/mol. The van der Waals surface area contributed by atoms with Crippen LogP contribution in [0.2, 0.25) is 0 Å². The van der Waals surface area contributed by atoms with Crippen molar-refractivity contribution in [2.45, 2.75) is 13.3 Å². The summed E-state index contributed by atoms with van der Waals surface area (Å²) < 4.78 is 0. The van der Waals surface area contributed by atoms with Crippen molar-refractivity contribution in [3.8, 4) is 0 Å². The maximum Gasteiger partial charge on any atom is 0.334 e. The van der Waals surface area contributed by atoms with Gasteiger partial charge in [-0.05, 0) is 0 Å². The number of thiazole rings is 1. The molecule has 0 spiro atoms. The van der Waals surface area contributed by atoms with Gasteiger partial charge < -0.3 is 5.11 Å². The smallest absolute Gasteiger partial charge is 0.334 e. The van der Waals surface area contributed by atoms with Gasteiger partial charge in [-0.25, -0.2) is 9.78 Å². The van der Waals surface area contributed by atoms with Gasteiger partial charge in [-0.3, -0.25) is 9.89 Å². The van der Waals surface area contributed by atoms with E-state index in [1.807, 2.05) is 12.3 Å². The van der Waals surface area contributed by atoms with E-state index in [0.717, 1.165) is 17.4 Å². The van der Waals surface area contributed by atoms with Gasteiger partial charge in [0, 0.05) is 24.2 Å². The third-order valence-electron chi connectivity index (χ3n) is 2.21. The van der Waals surface area contributed by atoms with Crippen molar-refractivity contribution < 1.29 is 9.90 Å². The monoisotopic (exact) mass is 237 g/mol. The summed E-state index contributed by atoms with van der Waals surface area (Å²) in [4.78, 5) is 21.0. The van der Waals surface area contributed by atoms with Gasteiger partial charge >= 0.3 is 5.97 Å². The maximum absolute atomic E-state index is 10.9. The molecule has 1 aromatic heterocycles. The number of aliphatic imine (C=N–C) groups is 1. The highest BCUT2D eigenvalue weighted by molar-refractivity contribution is 7.13. The van der Waals surface area contributed by atoms with Crippen LogP contribution in [0, 0.1) is 0 Å². The van der Waals surface area contributed by atoms with E-state index >= 15 is 0 Å². The van der Waals surface area contributed by atoms with E-state index < -0.39 is 5.97 Å². The van der Waals surface area contributed by atoms with Crippen LogP contribution in [0.4, 0.5) is 5.13 Å². The summed E-state index contributed by atoms with van der Waals surface area (Å²) in [6, 6.07) is 0. The Labute approximate surface area is 96.8 Å². The molecule has 0 atom stereocenters. The molecule has 1 N–H and O–H groups in total. The fourth-order valence-electron chi connectivity index (χ4n) is 1.43. The summed E-state index contributed by atoms with van der Waals surface area (Å²) in [5, 5.41) is 11.5. The molecule has 2 heterocycles. The summed E-state index contributed by atoms with van der Waals surface area (Å²) in [5.41, 5.74) is 0.285. The topological polar surface area (TPSA) is 65.8 Å². The van der Waals surface area contributed by atoms with Gasteiger partial charge in [-0.15, -0.1) is 11.3 Å². The SMILES string of the molecule is CCC1=NCC(C(=O)O)=CN1c1nccs1. The zero-order chi connectivity index (χ0) is 11.5. The maximum atomic E-state index is 10.9. The number of hydrogen-bond donors (Lipinski definition) is 1. The lowest BCUT2D eigenvalue weighted by molar-refractivity contribution is -0.132. The van der Waals surface area contributed by atoms with Crippen LogP contribution in [0.5, 0.6) is 0 Å². The number of carboxylic acid groups (broad SMARTS) is 1. The third-order valence-corrected chi connectivity index (χ3v) is 2.98. The number of carboxylic acids is 1. The van der Waals surface area contributed by atoms with Crippen molar-refractivity contribution in [2.75, 3.05) is 11.4 Å². The Morgan fingerprint density at radius 2 is 2.50 bits per heavy atom. The average Bonchev–Trinajstić information content (AvgIpc) is 2.81. The number of aliphatic carboxylic acids is 1. The van der Waals surface area contributed by atoms with Gasteiger partial charge in [0.2, 0.25) is 0 Å². The van der Waals surface area contributed by atoms with Crippen LogP contribution in [0.25, 0.3) is 0 Å². The molecule has 0 bridgehead atoms. The fourth-order valence-corrected chi connectivity index (χ4v) is 2.07. The summed E-state index contributed by atoms with van der Waals surface area (Å²) in [7, 11) is 0. The minimum absolute atomic E-state index is 0.236. The van der Waals surface area contributed by atoms with Gasteiger partial charge in [-0.1, -0.05) is 6.92 Å². The Hall–Kier alpha value is -1.69. The first-order valence-corrected chi connectivity index (χ1v) is 5.76. The Bertz CT molecular complexity index is 451. The van der Waals surface area contributed by atoms with E-state index in [2.05, 4.69) is 9.98 Å². The van der Waals surface area contributed by atoms with Crippen molar-refractivity contribution >= 4 is 28.3 Å². The Kier molecular flexibility index (Phi) is 3.00. The lowest BCUT2D eigenvalue weighted by Crippen LogP contribution is -2.30. The Balaban J connectivity index is 2.34. The van der Waals surface area contributed by atoms with Crippen molar-refractivity contribution in [1.82, 2.24) is 4.98 Å². The molecule has 16 heavy (non-hydrogen) atoms. The minimum atomic E-state index is -0.930. The molecule has 0 aromatic carbocycles. The molecule has 0 amide bonds. The van der Waals surface area contributed by atoms with Crippen LogP contribution in [0.1, 0.15) is 13.3 Å². The molecular weight excluding hydrogens is 226 g/mol. The molecule has 5 nitrogen and oxygen atoms in total. The number of hydrogen-bond acceptors (Lipinski definition) is 5. The molecule has 2 rings (SSSR count). The number of carbonyl (C=O) groups is 1. The fraction of sp³-hybridized carbons (Fsp3) is 0.300. The van der Waals surface area contributed by atoms with Crippen LogP contribution in [0.15, 0.2) is 28.3 Å². The van der Waals surface area contributed by atoms with Crippen LogP contribution in [-0.4, -0.2) is 28.4 Å². The van der Waals surface area contributed by atoms with Gasteiger partial charge in [0.25, 0.3) is 0 Å². The second-order valence-corrected chi connectivity index (χ2v) is 4.10. The summed E-state index contributed by atoms with van der Waals surface area (Å²) >= 11 is 1.46. The number of amidine groups is 1. The predicted octanol–water partition coefficient (Wildman–Crippen LogP) is 1.74. The van der Waals surface area contributed by atoms with Crippen LogP contribution >= 0.6 is 11.3 Å². The first kappa shape index (κ1) is 10.8. The molecule has 0 radical (unpaired) electrons. The van der Waals surface area contributed by atoms with E-state index in [4.69, 9.17) is 5.11 Å². The van der Waals surface area contributed by atoms with E-state index in [-0.39, 0.29) is 12.1 Å². The molecule has 0 aliphatic carbocycles. The quantitative estimate of drug-likeness (QED) is 0.869. The van der Waals surface area contributed by atoms with Crippen molar-refractivity contribution in [2.24, 2.45) is 4.99 Å². The van der Waals surface area contributed by atoms with Gasteiger partial charge in [-0.2, -0.15) is 0 Å². The van der Waals surface area contributed by atoms with E-state index in [9.17, 15) is 4.79 Å². The molecular formula is C10H11N3O2S. The first-order valence-electron chi connectivity index (χ1n) is 4.88. The van der Waals surface area contributed by atoms with Gasteiger partial charge in [0.05, 0.1) is 12.1 Å². The molecule has 0 fully saturated rings. The molecule has 1 aliphatic heterocycles. The zero-order valence-electron chi connectivity index (χ0n) is 8.75. The van der Waals surface area contributed by atoms with Crippen molar-refractivity contribution in [1.29, 1.82) is 0 Å². The third kappa shape index (κ3) is 1.96. The van der Waals surface area contributed by atoms with E-state index in [1.54, 1.807) is 17.3 Å². The predicted molar refractivity (Wildman–Crippen MR) is 62.9 cm³/mol. The van der Waals surface area contributed by atoms with Gasteiger partial charge in [0.15, 0.2) is 5.13 Å². The van der Waals surface area contributed by atoms with Crippen molar-refractivity contribution in [3.05, 3.63) is 23.3 Å². The van der Waals surface area contributed by atoms with E-state index in [0.29, 0.717) is 0 Å². The number of aromatic nitrogens is 1. The zero-order valence-corrected chi connectivity index (χ0v) is 9.57. The number of anilines is 1. The molecule has 0 unspecified atom stereocenters. The number of nitrogens with zero attached hydrogens (tertiary/aromatic N) is 3. The highest BCUT2D eigenvalue weighted by Crippen LogP contribution is 2.22. The molecule has 1 aromatic rings. The summed E-state index contributed by atoms with van der Waals surface area (Å²) in [5.74, 6) is -0.0830. The largest absolute Gasteiger partial charge is 0.478 e. The van der Waals surface area contributed by atoms with Crippen molar-refractivity contribution in [3.63, 3.8) is 0 Å². The second-order valence-electron chi connectivity index (χ2n) is 3.23. The molecule has 0 saturated carbocycles. The Morgan fingerprint density at radius 3 is 3.06 bits per heavy atom. The van der Waals surface area contributed by atoms with Crippen LogP contribution in [0.3, 0.4) is 0 Å². The molecule has 0 saturated heterocycles. The Morgan fingerprint density at radius 1 is 1.69 bits per heavy atom. The lowest BCUT2D eigenvalue weighted by atomic mass is 10.2. The van der Waals surface area contributed by atoms with Gasteiger partial charge in [0.1, 0.15) is 5.84 Å². The normalized spacial score (nSPS) is 15.7. The second kappa shape index (κ2) is 4.44. The van der Waals surface area contributed by atoms with E-state index in [1.165, 1.54) is 11.3 Å². The van der Waals surface area contributed by atoms with Crippen LogP contribution < -0.4 is 4.90 Å². The molecule has 84 valence electrons. The summed E-state index contributed by atoms with van der Waals surface area (Å²) in [6.07, 6.45) is 4.05. The first-order chi connectivity index (χ1) is 7.72. The molecule has 1 aliphatic rings. The highest BCUT2D eigenvalue weighted by Gasteiger charge is 2.20. The number of rotatable bonds is 3.